The molecule has 0 atom stereocenters. The second kappa shape index (κ2) is 31.8. The van der Waals surface area contributed by atoms with Crippen molar-refractivity contribution >= 4 is 70.1 Å². The summed E-state index contributed by atoms with van der Waals surface area (Å²) in [5.41, 5.74) is 27.1. The number of anilines is 6. The van der Waals surface area contributed by atoms with E-state index < -0.39 is 18.3 Å². The highest BCUT2D eigenvalue weighted by molar-refractivity contribution is 6.07. The lowest BCUT2D eigenvalue weighted by Crippen LogP contribution is -2.23. The van der Waals surface area contributed by atoms with Gasteiger partial charge in [0.05, 0.1) is 34.1 Å². The first-order valence-electron chi connectivity index (χ1n) is 26.0. The quantitative estimate of drug-likeness (QED) is 0.0285. The van der Waals surface area contributed by atoms with Crippen LogP contribution in [0.4, 0.5) is 48.5 Å². The smallest absolute Gasteiger partial charge is 0.407 e. The van der Waals surface area contributed by atoms with Crippen LogP contribution < -0.4 is 49.1 Å². The summed E-state index contributed by atoms with van der Waals surface area (Å²) >= 11 is 0. The van der Waals surface area contributed by atoms with Gasteiger partial charge in [0.1, 0.15) is 19.8 Å². The van der Waals surface area contributed by atoms with Gasteiger partial charge in [-0.25, -0.2) is 14.4 Å². The Bertz CT molecular complexity index is 3210. The number of nitrogens with one attached hydrogen (secondary N) is 6. The fourth-order valence-corrected chi connectivity index (χ4v) is 7.31. The maximum absolute atomic E-state index is 12.3. The van der Waals surface area contributed by atoms with Crippen LogP contribution in [0.2, 0.25) is 0 Å². The number of nitrogen functional groups attached to an aromatic ring is 3. The lowest BCUT2D eigenvalue weighted by Gasteiger charge is -2.09. The monoisotopic (exact) mass is 1130 g/mol. The van der Waals surface area contributed by atoms with Gasteiger partial charge < -0.3 is 63.3 Å². The van der Waals surface area contributed by atoms with Crippen molar-refractivity contribution in [2.24, 2.45) is 0 Å². The normalized spacial score (nSPS) is 10.1. The summed E-state index contributed by atoms with van der Waals surface area (Å²) < 4.78 is 15.4. The van der Waals surface area contributed by atoms with E-state index in [1.807, 2.05) is 18.2 Å². The molecule has 21 heteroatoms. The van der Waals surface area contributed by atoms with Gasteiger partial charge in [0.15, 0.2) is 0 Å². The Kier molecular flexibility index (Phi) is 22.8. The molecule has 0 fully saturated rings. The number of nitrogens with zero attached hydrogens (tertiary/aromatic N) is 3. The predicted octanol–water partition coefficient (Wildman–Crippen LogP) is 10.0. The van der Waals surface area contributed by atoms with Gasteiger partial charge in [0.2, 0.25) is 0 Å². The minimum absolute atomic E-state index is 0.154. The number of carbonyl (C=O) groups excluding carboxylic acids is 6. The number of hydrogen-bond donors (Lipinski definition) is 9. The van der Waals surface area contributed by atoms with Crippen molar-refractivity contribution in [3.8, 4) is 0 Å². The number of benzene rings is 6. The zero-order valence-corrected chi connectivity index (χ0v) is 45.3. The molecule has 0 saturated heterocycles. The summed E-state index contributed by atoms with van der Waals surface area (Å²) in [4.78, 5) is 84.1. The van der Waals surface area contributed by atoms with E-state index in [9.17, 15) is 28.8 Å². The number of amides is 6. The van der Waals surface area contributed by atoms with Gasteiger partial charge >= 0.3 is 18.3 Å². The molecule has 3 aromatic heterocycles. The third-order valence-corrected chi connectivity index (χ3v) is 11.9. The number of nitrogens with two attached hydrogens (primary N) is 3. The summed E-state index contributed by atoms with van der Waals surface area (Å²) in [6, 6.07) is 52.7. The van der Waals surface area contributed by atoms with Crippen molar-refractivity contribution in [2.45, 2.75) is 39.5 Å². The maximum Gasteiger partial charge on any atom is 0.407 e. The van der Waals surface area contributed by atoms with E-state index in [1.54, 1.807) is 201 Å². The van der Waals surface area contributed by atoms with Crippen LogP contribution in [0.25, 0.3) is 0 Å². The summed E-state index contributed by atoms with van der Waals surface area (Å²) in [6.07, 6.45) is 8.31. The molecule has 0 aliphatic carbocycles. The first kappa shape index (κ1) is 60.0. The van der Waals surface area contributed by atoms with Crippen LogP contribution >= 0.6 is 0 Å². The van der Waals surface area contributed by atoms with Crippen LogP contribution in [0.5, 0.6) is 0 Å². The molecule has 21 nitrogen and oxygen atoms in total. The number of ether oxygens (including phenoxy) is 3. The van der Waals surface area contributed by atoms with Crippen molar-refractivity contribution in [2.75, 3.05) is 33.2 Å². The number of rotatable bonds is 18. The molecular formula is C63H60N12O9. The third-order valence-electron chi connectivity index (χ3n) is 11.9. The standard InChI is InChI=1S/3C21H20N4O3/c3*22-18-5-1-2-6-19(18)25-20(26)17-9-7-15(8-10-17)13-24-21(27)28-14-16-4-3-11-23-12-16/h3*1-12H,13-14,22H2,(H,24,27)(H,25,26). The number of pyridine rings is 3. The minimum atomic E-state index is -0.523. The van der Waals surface area contributed by atoms with Gasteiger partial charge in [0.25, 0.3) is 17.7 Å². The number of alkyl carbamates (subject to hydrolysis) is 3. The van der Waals surface area contributed by atoms with Crippen LogP contribution in [0, 0.1) is 0 Å². The molecule has 84 heavy (non-hydrogen) atoms. The van der Waals surface area contributed by atoms with E-state index in [0.29, 0.717) is 70.4 Å². The Balaban J connectivity index is 0.000000181. The summed E-state index contributed by atoms with van der Waals surface area (Å²) in [5.74, 6) is -0.769. The van der Waals surface area contributed by atoms with Gasteiger partial charge in [0, 0.05) is 90.2 Å². The van der Waals surface area contributed by atoms with Gasteiger partial charge in [-0.05, 0) is 108 Å². The maximum atomic E-state index is 12.3. The lowest BCUT2D eigenvalue weighted by atomic mass is 10.1. The molecule has 0 aliphatic rings. The topological polar surface area (TPSA) is 319 Å². The zero-order chi connectivity index (χ0) is 59.3. The average molecular weight is 1130 g/mol. The number of hydrogen-bond acceptors (Lipinski definition) is 15. The molecule has 3 heterocycles. The zero-order valence-electron chi connectivity index (χ0n) is 45.3. The molecular weight excluding hydrogens is 1070 g/mol. The molecule has 426 valence electrons. The Labute approximate surface area is 484 Å². The highest BCUT2D eigenvalue weighted by atomic mass is 16.6. The minimum Gasteiger partial charge on any atom is -0.445 e. The Morgan fingerprint density at radius 1 is 0.321 bits per heavy atom. The van der Waals surface area contributed by atoms with Crippen molar-refractivity contribution in [3.63, 3.8) is 0 Å². The van der Waals surface area contributed by atoms with Gasteiger partial charge in [-0.15, -0.1) is 0 Å². The summed E-state index contributed by atoms with van der Waals surface area (Å²) in [5, 5.41) is 16.3. The van der Waals surface area contributed by atoms with Gasteiger partial charge in [-0.3, -0.25) is 29.3 Å². The fraction of sp³-hybridized carbons (Fsp3) is 0.0952. The molecule has 0 unspecified atom stereocenters. The average Bonchev–Trinajstić information content (AvgIpc) is 3.68. The van der Waals surface area contributed by atoms with E-state index in [4.69, 9.17) is 31.4 Å². The molecule has 0 aliphatic heterocycles. The van der Waals surface area contributed by atoms with Crippen LogP contribution in [0.15, 0.2) is 219 Å². The van der Waals surface area contributed by atoms with Gasteiger partial charge in [-0.1, -0.05) is 91.0 Å². The van der Waals surface area contributed by atoms with E-state index in [1.165, 1.54) is 0 Å². The van der Waals surface area contributed by atoms with E-state index in [2.05, 4.69) is 46.9 Å². The van der Waals surface area contributed by atoms with Crippen molar-refractivity contribution in [1.29, 1.82) is 0 Å². The Hall–Kier alpha value is -11.6. The molecule has 9 aromatic rings. The summed E-state index contributed by atoms with van der Waals surface area (Å²) in [6.45, 7) is 1.34. The highest BCUT2D eigenvalue weighted by Crippen LogP contribution is 2.21. The van der Waals surface area contributed by atoms with E-state index in [0.717, 1.165) is 33.4 Å². The third kappa shape index (κ3) is 20.2. The Morgan fingerprint density at radius 3 is 0.821 bits per heavy atom. The molecule has 0 saturated carbocycles. The number of para-hydroxylation sites is 6. The predicted molar refractivity (Wildman–Crippen MR) is 320 cm³/mol. The van der Waals surface area contributed by atoms with Crippen molar-refractivity contribution in [3.05, 3.63) is 269 Å². The number of carbonyl (C=O) groups is 6. The van der Waals surface area contributed by atoms with Crippen molar-refractivity contribution < 1.29 is 43.0 Å². The second-order valence-electron chi connectivity index (χ2n) is 18.1. The molecule has 0 spiro atoms. The van der Waals surface area contributed by atoms with E-state index in [-0.39, 0.29) is 37.5 Å². The molecule has 6 amide bonds. The SMILES string of the molecule is Nc1ccccc1NC(=O)c1ccc(CNC(=O)OCc2cccnc2)cc1.Nc1ccccc1NC(=O)c1ccc(CNC(=O)OCc2cccnc2)cc1.Nc1ccccc1NC(=O)c1ccc(CNC(=O)OCc2cccnc2)cc1. The largest absolute Gasteiger partial charge is 0.445 e. The molecule has 6 aromatic carbocycles. The van der Waals surface area contributed by atoms with Crippen LogP contribution in [-0.2, 0) is 53.7 Å². The molecule has 0 bridgehead atoms. The number of aromatic nitrogens is 3. The van der Waals surface area contributed by atoms with Gasteiger partial charge in [-0.2, -0.15) is 0 Å². The van der Waals surface area contributed by atoms with Crippen LogP contribution in [-0.4, -0.2) is 51.0 Å². The first-order chi connectivity index (χ1) is 40.8. The highest BCUT2D eigenvalue weighted by Gasteiger charge is 2.13. The molecule has 0 radical (unpaired) electrons. The first-order valence-corrected chi connectivity index (χ1v) is 26.0. The Morgan fingerprint density at radius 2 is 0.583 bits per heavy atom. The van der Waals surface area contributed by atoms with E-state index >= 15 is 0 Å². The fourth-order valence-electron chi connectivity index (χ4n) is 7.31. The van der Waals surface area contributed by atoms with Crippen LogP contribution in [0.1, 0.15) is 64.5 Å². The molecule has 9 rings (SSSR count). The van der Waals surface area contributed by atoms with Crippen molar-refractivity contribution in [1.82, 2.24) is 30.9 Å². The second-order valence-corrected chi connectivity index (χ2v) is 18.1. The molecule has 12 N–H and O–H groups in total. The lowest BCUT2D eigenvalue weighted by molar-refractivity contribution is 0.101. The summed E-state index contributed by atoms with van der Waals surface area (Å²) in [7, 11) is 0. The van der Waals surface area contributed by atoms with Crippen LogP contribution in [0.3, 0.4) is 0 Å².